The number of benzene rings is 1. The monoisotopic (exact) mass is 497 g/mol. The fourth-order valence-corrected chi connectivity index (χ4v) is 5.27. The van der Waals surface area contributed by atoms with Gasteiger partial charge in [0, 0.05) is 19.2 Å². The molecule has 0 saturated carbocycles. The average Bonchev–Trinajstić information content (AvgIpc) is 3.32. The van der Waals surface area contributed by atoms with Gasteiger partial charge >= 0.3 is 0 Å². The Morgan fingerprint density at radius 3 is 2.73 bits per heavy atom. The van der Waals surface area contributed by atoms with E-state index in [-0.39, 0.29) is 5.69 Å². The van der Waals surface area contributed by atoms with Crippen LogP contribution in [0.1, 0.15) is 12.8 Å². The van der Waals surface area contributed by atoms with Gasteiger partial charge in [-0.2, -0.15) is 0 Å². The predicted octanol–water partition coefficient (Wildman–Crippen LogP) is 5.02. The molecule has 9 heteroatoms. The van der Waals surface area contributed by atoms with Crippen LogP contribution >= 0.6 is 0 Å². The first-order valence-corrected chi connectivity index (χ1v) is 12.6. The van der Waals surface area contributed by atoms with Crippen LogP contribution in [0, 0.1) is 18.3 Å². The highest BCUT2D eigenvalue weighted by atomic mass is 19.1. The molecule has 8 nitrogen and oxygen atoms in total. The van der Waals surface area contributed by atoms with Crippen LogP contribution in [0.25, 0.3) is 38.4 Å². The molecule has 1 fully saturated rings. The van der Waals surface area contributed by atoms with Gasteiger partial charge in [-0.3, -0.25) is 4.98 Å². The maximum Gasteiger partial charge on any atom is 0.238 e. The van der Waals surface area contributed by atoms with Crippen molar-refractivity contribution in [3.8, 4) is 28.4 Å². The summed E-state index contributed by atoms with van der Waals surface area (Å²) in [4.78, 5) is 22.2. The van der Waals surface area contributed by atoms with Gasteiger partial charge in [-0.25, -0.2) is 19.2 Å². The molecule has 1 aromatic carbocycles. The molecule has 37 heavy (non-hydrogen) atoms. The SMILES string of the molecule is [C-]#[N+]c1ccc(-c2c(-c3ccc4c(n3)OCCN4C)ncc3c2ncn3CC2CCN(C)CC2)cc1F. The summed E-state index contributed by atoms with van der Waals surface area (Å²) in [5.41, 5.74) is 5.10. The zero-order valence-electron chi connectivity index (χ0n) is 21.0. The summed E-state index contributed by atoms with van der Waals surface area (Å²) in [6, 6.07) is 8.56. The number of ether oxygens (including phenoxy) is 1. The lowest BCUT2D eigenvalue weighted by Crippen LogP contribution is -2.31. The van der Waals surface area contributed by atoms with Crippen molar-refractivity contribution >= 4 is 22.4 Å². The third kappa shape index (κ3) is 4.27. The van der Waals surface area contributed by atoms with Crippen LogP contribution in [0.3, 0.4) is 0 Å². The quantitative estimate of drug-likeness (QED) is 0.369. The highest BCUT2D eigenvalue weighted by Crippen LogP contribution is 2.39. The Balaban J connectivity index is 1.49. The summed E-state index contributed by atoms with van der Waals surface area (Å²) in [7, 11) is 4.17. The normalized spacial score (nSPS) is 16.4. The number of halogens is 1. The molecule has 4 aromatic rings. The molecule has 5 heterocycles. The predicted molar refractivity (Wildman–Crippen MR) is 141 cm³/mol. The zero-order valence-corrected chi connectivity index (χ0v) is 21.0. The van der Waals surface area contributed by atoms with E-state index in [1.807, 2.05) is 31.7 Å². The van der Waals surface area contributed by atoms with Gasteiger partial charge in [-0.15, -0.1) is 0 Å². The average molecular weight is 498 g/mol. The van der Waals surface area contributed by atoms with Gasteiger partial charge in [0.05, 0.1) is 48.2 Å². The van der Waals surface area contributed by atoms with Crippen LogP contribution in [-0.2, 0) is 6.54 Å². The van der Waals surface area contributed by atoms with Crippen molar-refractivity contribution in [3.63, 3.8) is 0 Å². The number of nitrogens with zero attached hydrogens (tertiary/aromatic N) is 7. The molecule has 0 amide bonds. The molecule has 3 aromatic heterocycles. The van der Waals surface area contributed by atoms with Gasteiger partial charge in [0.2, 0.25) is 11.6 Å². The minimum atomic E-state index is -0.565. The van der Waals surface area contributed by atoms with E-state index >= 15 is 0 Å². The van der Waals surface area contributed by atoms with E-state index in [1.165, 1.54) is 12.1 Å². The Hall–Kier alpha value is -4.03. The number of fused-ring (bicyclic) bond motifs is 2. The number of rotatable bonds is 4. The number of imidazole rings is 1. The Kier molecular flexibility index (Phi) is 5.97. The van der Waals surface area contributed by atoms with Gasteiger partial charge in [0.15, 0.2) is 0 Å². The van der Waals surface area contributed by atoms with Crippen LogP contribution in [0.5, 0.6) is 5.88 Å². The van der Waals surface area contributed by atoms with E-state index in [4.69, 9.17) is 26.3 Å². The summed E-state index contributed by atoms with van der Waals surface area (Å²) in [5.74, 6) is 0.564. The molecule has 0 bridgehead atoms. The van der Waals surface area contributed by atoms with E-state index in [0.29, 0.717) is 40.9 Å². The van der Waals surface area contributed by atoms with E-state index in [9.17, 15) is 4.39 Å². The maximum atomic E-state index is 14.8. The fourth-order valence-electron chi connectivity index (χ4n) is 5.27. The summed E-state index contributed by atoms with van der Waals surface area (Å²) >= 11 is 0. The van der Waals surface area contributed by atoms with Gasteiger partial charge in [-0.1, -0.05) is 12.1 Å². The van der Waals surface area contributed by atoms with Crippen molar-refractivity contribution in [1.29, 1.82) is 0 Å². The second-order valence-corrected chi connectivity index (χ2v) is 9.93. The molecule has 1 saturated heterocycles. The lowest BCUT2D eigenvalue weighted by Gasteiger charge is -2.29. The number of anilines is 1. The minimum absolute atomic E-state index is 0.0124. The highest BCUT2D eigenvalue weighted by Gasteiger charge is 2.24. The van der Waals surface area contributed by atoms with Crippen molar-refractivity contribution < 1.29 is 9.13 Å². The molecule has 0 unspecified atom stereocenters. The largest absolute Gasteiger partial charge is 0.474 e. The molecular weight excluding hydrogens is 469 g/mol. The fraction of sp³-hybridized carbons (Fsp3) is 0.357. The zero-order chi connectivity index (χ0) is 25.5. The third-order valence-electron chi connectivity index (χ3n) is 7.48. The van der Waals surface area contributed by atoms with Crippen LogP contribution in [-0.4, -0.2) is 64.8 Å². The highest BCUT2D eigenvalue weighted by molar-refractivity contribution is 5.99. The summed E-state index contributed by atoms with van der Waals surface area (Å²) in [5, 5.41) is 0. The molecule has 0 atom stereocenters. The number of pyridine rings is 2. The summed E-state index contributed by atoms with van der Waals surface area (Å²) in [6.07, 6.45) is 5.99. The second kappa shape index (κ2) is 9.45. The number of piperidine rings is 1. The number of likely N-dealkylation sites (tertiary alicyclic amines) is 1. The van der Waals surface area contributed by atoms with Crippen molar-refractivity contribution in [2.75, 3.05) is 45.2 Å². The number of hydrogen-bond acceptors (Lipinski definition) is 6. The molecule has 2 aliphatic heterocycles. The van der Waals surface area contributed by atoms with E-state index in [0.717, 1.165) is 55.7 Å². The lowest BCUT2D eigenvalue weighted by molar-refractivity contribution is 0.206. The molecule has 0 radical (unpaired) electrons. The smallest absolute Gasteiger partial charge is 0.238 e. The Morgan fingerprint density at radius 1 is 1.11 bits per heavy atom. The van der Waals surface area contributed by atoms with Crippen LogP contribution in [0.4, 0.5) is 15.8 Å². The Labute approximate surface area is 215 Å². The molecule has 2 aliphatic rings. The van der Waals surface area contributed by atoms with Crippen LogP contribution in [0.15, 0.2) is 42.9 Å². The van der Waals surface area contributed by atoms with E-state index in [2.05, 4.69) is 26.3 Å². The first kappa shape index (κ1) is 23.4. The van der Waals surface area contributed by atoms with Crippen LogP contribution < -0.4 is 9.64 Å². The third-order valence-corrected chi connectivity index (χ3v) is 7.48. The molecule has 6 rings (SSSR count). The lowest BCUT2D eigenvalue weighted by atomic mass is 9.97. The first-order chi connectivity index (χ1) is 18.0. The standard InChI is InChI=1S/C28H28FN7O/c1-30-21-5-4-19(14-20(21)29)25-26(22-6-7-23-28(33-22)37-13-12-35(23)3)31-15-24-27(25)32-17-36(24)16-18-8-10-34(2)11-9-18/h4-7,14-15,17-18H,8-13,16H2,2-3H3. The summed E-state index contributed by atoms with van der Waals surface area (Å²) in [6.45, 7) is 11.7. The molecule has 0 aliphatic carbocycles. The minimum Gasteiger partial charge on any atom is -0.474 e. The molecule has 0 N–H and O–H groups in total. The molecule has 0 spiro atoms. The van der Waals surface area contributed by atoms with E-state index in [1.54, 1.807) is 6.07 Å². The number of aromatic nitrogens is 4. The topological polar surface area (TPSA) is 63.7 Å². The molecule has 188 valence electrons. The Morgan fingerprint density at radius 2 is 1.95 bits per heavy atom. The van der Waals surface area contributed by atoms with Gasteiger partial charge in [0.1, 0.15) is 17.9 Å². The Bertz CT molecular complexity index is 1520. The van der Waals surface area contributed by atoms with Crippen molar-refractivity contribution in [2.24, 2.45) is 5.92 Å². The van der Waals surface area contributed by atoms with Gasteiger partial charge < -0.3 is 19.1 Å². The van der Waals surface area contributed by atoms with Gasteiger partial charge in [0.25, 0.3) is 0 Å². The van der Waals surface area contributed by atoms with Crippen molar-refractivity contribution in [2.45, 2.75) is 19.4 Å². The summed E-state index contributed by atoms with van der Waals surface area (Å²) < 4.78 is 22.8. The molecular formula is C28H28FN7O. The van der Waals surface area contributed by atoms with Crippen molar-refractivity contribution in [3.05, 3.63) is 60.1 Å². The van der Waals surface area contributed by atoms with Crippen molar-refractivity contribution in [1.82, 2.24) is 24.4 Å². The first-order valence-electron chi connectivity index (χ1n) is 12.6. The second-order valence-electron chi connectivity index (χ2n) is 9.93. The van der Waals surface area contributed by atoms with Gasteiger partial charge in [-0.05, 0) is 62.7 Å². The number of likely N-dealkylation sites (N-methyl/N-ethyl adjacent to an activating group) is 1. The van der Waals surface area contributed by atoms with Crippen LogP contribution in [0.2, 0.25) is 0 Å². The number of hydrogen-bond donors (Lipinski definition) is 0. The van der Waals surface area contributed by atoms with E-state index < -0.39 is 5.82 Å². The maximum absolute atomic E-state index is 14.8.